The highest BCUT2D eigenvalue weighted by Gasteiger charge is 2.16. The van der Waals surface area contributed by atoms with E-state index in [0.717, 1.165) is 15.6 Å². The van der Waals surface area contributed by atoms with Crippen LogP contribution >= 0.6 is 22.9 Å². The van der Waals surface area contributed by atoms with Crippen LogP contribution in [0.25, 0.3) is 10.1 Å². The molecule has 0 bridgehead atoms. The molecule has 4 heteroatoms. The molecule has 2 aromatic rings. The van der Waals surface area contributed by atoms with Crippen molar-refractivity contribution in [2.45, 2.75) is 6.92 Å². The number of hydrogen-bond acceptors (Lipinski definition) is 2. The topological polar surface area (TPSA) is 29.1 Å². The molecule has 1 aromatic carbocycles. The Hall–Kier alpha value is -1.32. The lowest BCUT2D eigenvalue weighted by Gasteiger charge is -1.98. The van der Waals surface area contributed by atoms with E-state index in [1.807, 2.05) is 25.1 Å². The molecule has 1 aromatic heterocycles. The summed E-state index contributed by atoms with van der Waals surface area (Å²) in [5.74, 6) is -0.145. The minimum atomic E-state index is -0.145. The van der Waals surface area contributed by atoms with Crippen molar-refractivity contribution in [3.8, 4) is 0 Å². The predicted octanol–water partition coefficient (Wildman–Crippen LogP) is 3.78. The van der Waals surface area contributed by atoms with Crippen molar-refractivity contribution in [2.24, 2.45) is 0 Å². The van der Waals surface area contributed by atoms with Crippen LogP contribution in [0, 0.1) is 6.92 Å². The van der Waals surface area contributed by atoms with Gasteiger partial charge in [-0.05, 0) is 18.6 Å². The lowest BCUT2D eigenvalue weighted by atomic mass is 10.2. The lowest BCUT2D eigenvalue weighted by molar-refractivity contribution is 0.0962. The maximum absolute atomic E-state index is 11.8. The zero-order valence-corrected chi connectivity index (χ0v) is 11.0. The molecule has 2 nitrogen and oxygen atoms in total. The van der Waals surface area contributed by atoms with Crippen LogP contribution < -0.4 is 5.32 Å². The van der Waals surface area contributed by atoms with Crippen molar-refractivity contribution >= 4 is 38.9 Å². The number of halogens is 1. The fourth-order valence-corrected chi connectivity index (χ4v) is 3.10. The highest BCUT2D eigenvalue weighted by molar-refractivity contribution is 7.21. The smallest absolute Gasteiger partial charge is 0.263 e. The normalized spacial score (nSPS) is 10.5. The highest BCUT2D eigenvalue weighted by atomic mass is 35.5. The number of benzene rings is 1. The van der Waals surface area contributed by atoms with Gasteiger partial charge in [0.05, 0.1) is 5.02 Å². The summed E-state index contributed by atoms with van der Waals surface area (Å²) in [6.45, 7) is 6.02. The van der Waals surface area contributed by atoms with E-state index in [2.05, 4.69) is 11.9 Å². The molecule has 1 amide bonds. The molecule has 1 heterocycles. The van der Waals surface area contributed by atoms with Gasteiger partial charge in [-0.2, -0.15) is 0 Å². The maximum Gasteiger partial charge on any atom is 0.263 e. The first-order chi connectivity index (χ1) is 8.13. The van der Waals surface area contributed by atoms with Crippen molar-refractivity contribution < 1.29 is 4.79 Å². The Balaban J connectivity index is 2.44. The molecular formula is C13H12ClNOS. The molecule has 0 aliphatic carbocycles. The number of rotatable bonds is 3. The van der Waals surface area contributed by atoms with Crippen molar-refractivity contribution in [1.29, 1.82) is 0 Å². The van der Waals surface area contributed by atoms with Crippen LogP contribution in [0.4, 0.5) is 0 Å². The number of thiophene rings is 1. The van der Waals surface area contributed by atoms with Crippen molar-refractivity contribution in [1.82, 2.24) is 5.32 Å². The van der Waals surface area contributed by atoms with Crippen LogP contribution in [-0.4, -0.2) is 12.5 Å². The number of carbonyl (C=O) groups excluding carboxylic acids is 1. The van der Waals surface area contributed by atoms with E-state index < -0.39 is 0 Å². The quantitative estimate of drug-likeness (QED) is 0.841. The van der Waals surface area contributed by atoms with Crippen molar-refractivity contribution in [2.75, 3.05) is 6.54 Å². The summed E-state index contributed by atoms with van der Waals surface area (Å²) in [5, 5.41) is 4.20. The predicted molar refractivity (Wildman–Crippen MR) is 74.1 cm³/mol. The van der Waals surface area contributed by atoms with Crippen LogP contribution in [0.5, 0.6) is 0 Å². The molecule has 0 aliphatic rings. The molecule has 17 heavy (non-hydrogen) atoms. The number of amides is 1. The molecule has 2 rings (SSSR count). The second-order valence-electron chi connectivity index (χ2n) is 3.74. The first-order valence-electron chi connectivity index (χ1n) is 5.21. The SMILES string of the molecule is C=CCNC(=O)c1sc2cc(C)ccc2c1Cl. The summed E-state index contributed by atoms with van der Waals surface area (Å²) in [7, 11) is 0. The Bertz CT molecular complexity index is 588. The summed E-state index contributed by atoms with van der Waals surface area (Å²) < 4.78 is 1.04. The molecule has 0 saturated heterocycles. The molecule has 0 atom stereocenters. The van der Waals surface area contributed by atoms with E-state index in [9.17, 15) is 4.79 Å². The monoisotopic (exact) mass is 265 g/mol. The highest BCUT2D eigenvalue weighted by Crippen LogP contribution is 2.35. The van der Waals surface area contributed by atoms with Gasteiger partial charge in [-0.25, -0.2) is 0 Å². The largest absolute Gasteiger partial charge is 0.348 e. The standard InChI is InChI=1S/C13H12ClNOS/c1-3-6-15-13(16)12-11(14)9-5-4-8(2)7-10(9)17-12/h3-5,7H,1,6H2,2H3,(H,15,16). The number of aryl methyl sites for hydroxylation is 1. The first kappa shape index (κ1) is 12.1. The number of nitrogens with one attached hydrogen (secondary N) is 1. The Kier molecular flexibility index (Phi) is 3.50. The lowest BCUT2D eigenvalue weighted by Crippen LogP contribution is -2.22. The fourth-order valence-electron chi connectivity index (χ4n) is 1.56. The second kappa shape index (κ2) is 4.90. The molecular weight excluding hydrogens is 254 g/mol. The van der Waals surface area contributed by atoms with Gasteiger partial charge in [-0.3, -0.25) is 4.79 Å². The van der Waals surface area contributed by atoms with Crippen LogP contribution in [0.3, 0.4) is 0 Å². The number of fused-ring (bicyclic) bond motifs is 1. The zero-order chi connectivity index (χ0) is 12.4. The molecule has 1 N–H and O–H groups in total. The van der Waals surface area contributed by atoms with Gasteiger partial charge in [0.25, 0.3) is 5.91 Å². The van der Waals surface area contributed by atoms with Gasteiger partial charge in [-0.1, -0.05) is 29.8 Å². The molecule has 0 aliphatic heterocycles. The van der Waals surface area contributed by atoms with Crippen molar-refractivity contribution in [3.63, 3.8) is 0 Å². The van der Waals surface area contributed by atoms with E-state index in [-0.39, 0.29) is 5.91 Å². The van der Waals surface area contributed by atoms with Crippen LogP contribution in [0.15, 0.2) is 30.9 Å². The molecule has 0 fully saturated rings. The second-order valence-corrected chi connectivity index (χ2v) is 5.17. The van der Waals surface area contributed by atoms with Gasteiger partial charge >= 0.3 is 0 Å². The number of hydrogen-bond donors (Lipinski definition) is 1. The minimum absolute atomic E-state index is 0.145. The summed E-state index contributed by atoms with van der Waals surface area (Å²) in [4.78, 5) is 12.4. The third-order valence-corrected chi connectivity index (χ3v) is 4.05. The molecule has 88 valence electrons. The first-order valence-corrected chi connectivity index (χ1v) is 6.40. The summed E-state index contributed by atoms with van der Waals surface area (Å²) in [6.07, 6.45) is 1.64. The summed E-state index contributed by atoms with van der Waals surface area (Å²) in [6, 6.07) is 5.98. The van der Waals surface area contributed by atoms with Crippen LogP contribution in [-0.2, 0) is 0 Å². The van der Waals surface area contributed by atoms with Gasteiger partial charge in [0.15, 0.2) is 0 Å². The number of carbonyl (C=O) groups is 1. The summed E-state index contributed by atoms with van der Waals surface area (Å²) in [5.41, 5.74) is 1.16. The molecule has 0 unspecified atom stereocenters. The van der Waals surface area contributed by atoms with Gasteiger partial charge in [0.2, 0.25) is 0 Å². The summed E-state index contributed by atoms with van der Waals surface area (Å²) >= 11 is 7.63. The maximum atomic E-state index is 11.8. The molecule has 0 radical (unpaired) electrons. The van der Waals surface area contributed by atoms with Gasteiger partial charge in [-0.15, -0.1) is 17.9 Å². The third kappa shape index (κ3) is 2.35. The van der Waals surface area contributed by atoms with Crippen LogP contribution in [0.2, 0.25) is 5.02 Å². The molecule has 0 saturated carbocycles. The minimum Gasteiger partial charge on any atom is -0.348 e. The Labute approximate surface area is 109 Å². The zero-order valence-electron chi connectivity index (χ0n) is 9.42. The van der Waals surface area contributed by atoms with Crippen LogP contribution in [0.1, 0.15) is 15.2 Å². The van der Waals surface area contributed by atoms with Gasteiger partial charge < -0.3 is 5.32 Å². The van der Waals surface area contributed by atoms with E-state index in [0.29, 0.717) is 16.4 Å². The average Bonchev–Trinajstić information content (AvgIpc) is 2.63. The average molecular weight is 266 g/mol. The Morgan fingerprint density at radius 3 is 3.06 bits per heavy atom. The van der Waals surface area contributed by atoms with E-state index in [1.54, 1.807) is 6.08 Å². The van der Waals surface area contributed by atoms with E-state index in [4.69, 9.17) is 11.6 Å². The Morgan fingerprint density at radius 1 is 1.59 bits per heavy atom. The van der Waals surface area contributed by atoms with Crippen molar-refractivity contribution in [3.05, 3.63) is 46.3 Å². The molecule has 0 spiro atoms. The van der Waals surface area contributed by atoms with Gasteiger partial charge in [0, 0.05) is 16.6 Å². The fraction of sp³-hybridized carbons (Fsp3) is 0.154. The third-order valence-electron chi connectivity index (χ3n) is 2.40. The van der Waals surface area contributed by atoms with Gasteiger partial charge in [0.1, 0.15) is 4.88 Å². The van der Waals surface area contributed by atoms with E-state index >= 15 is 0 Å². The Morgan fingerprint density at radius 2 is 2.35 bits per heavy atom. The van der Waals surface area contributed by atoms with E-state index in [1.165, 1.54) is 11.3 Å².